The summed E-state index contributed by atoms with van der Waals surface area (Å²) in [4.78, 5) is 25.7. The number of hydrogen-bond donors (Lipinski definition) is 0. The Morgan fingerprint density at radius 2 is 0.794 bits per heavy atom. The van der Waals surface area contributed by atoms with E-state index in [0.29, 0.717) is 34.6 Å². The first-order valence-electron chi connectivity index (χ1n) is 11.2. The molecule has 0 saturated heterocycles. The van der Waals surface area contributed by atoms with Crippen LogP contribution in [-0.4, -0.2) is 11.0 Å². The summed E-state index contributed by atoms with van der Waals surface area (Å²) < 4.78 is 26.4. The molecule has 166 valence electrons. The summed E-state index contributed by atoms with van der Waals surface area (Å²) in [6.07, 6.45) is 1.08. The number of carbonyl (C=O) groups excluding carboxylic acids is 2. The van der Waals surface area contributed by atoms with Gasteiger partial charge in [0.25, 0.3) is 0 Å². The largest absolute Gasteiger partial charge is 0.313 e. The van der Waals surface area contributed by atoms with Crippen LogP contribution in [0.15, 0.2) is 84.9 Å². The molecule has 0 bridgehead atoms. The summed E-state index contributed by atoms with van der Waals surface area (Å²) in [7, 11) is -5.29. The monoisotopic (exact) mass is 482 g/mol. The average Bonchev–Trinajstić information content (AvgIpc) is 2.88. The van der Waals surface area contributed by atoms with Gasteiger partial charge >= 0.3 is 0 Å². The molecule has 0 N–H and O–H groups in total. The number of benzene rings is 4. The van der Waals surface area contributed by atoms with Crippen molar-refractivity contribution in [3.63, 3.8) is 0 Å². The van der Waals surface area contributed by atoms with Gasteiger partial charge in [0.1, 0.15) is 0 Å². The Hall–Kier alpha value is -3.32. The maximum Gasteiger partial charge on any atom is 0.223 e. The molecule has 2 unspecified atom stereocenters. The third kappa shape index (κ3) is 3.14. The molecular formula is C28H20O4P2. The molecule has 2 atom stereocenters. The third-order valence-electron chi connectivity index (χ3n) is 6.76. The van der Waals surface area contributed by atoms with E-state index in [-0.39, 0.29) is 11.0 Å². The van der Waals surface area contributed by atoms with Crippen LogP contribution < -0.4 is 10.6 Å². The molecule has 2 aliphatic rings. The van der Waals surface area contributed by atoms with E-state index >= 15 is 0 Å². The van der Waals surface area contributed by atoms with Crippen molar-refractivity contribution in [3.8, 4) is 22.3 Å². The summed E-state index contributed by atoms with van der Waals surface area (Å²) in [6, 6.07) is 26.2. The highest BCUT2D eigenvalue weighted by atomic mass is 31.1. The van der Waals surface area contributed by atoms with E-state index in [9.17, 15) is 18.7 Å². The van der Waals surface area contributed by atoms with Gasteiger partial charge in [0.05, 0.1) is 0 Å². The standard InChI is InChI=1S/C28H20O4P2/c29-27-23-11-3-1-9-19(23)21-13-5-7-17(25(21)33(27)31)15-16-18-8-6-14-22-20-10-2-4-12-24(20)28(30)34(32)26(18)22/h1-14,33-34H,15-16H2. The molecule has 4 aromatic rings. The van der Waals surface area contributed by atoms with Crippen LogP contribution in [0.2, 0.25) is 0 Å². The van der Waals surface area contributed by atoms with E-state index in [1.54, 1.807) is 24.3 Å². The van der Waals surface area contributed by atoms with E-state index < -0.39 is 15.6 Å². The first kappa shape index (κ1) is 21.2. The maximum absolute atomic E-state index is 13.2. The molecule has 0 radical (unpaired) electrons. The zero-order chi connectivity index (χ0) is 23.4. The normalized spacial score (nSPS) is 18.0. The molecule has 0 aromatic heterocycles. The SMILES string of the molecule is O=C1c2ccccc2-c2cccc(CCc3cccc4c3[PH](=O)C(=O)c3ccccc3-4)c2[PH]1=O. The van der Waals surface area contributed by atoms with Crippen molar-refractivity contribution in [1.82, 2.24) is 0 Å². The molecule has 0 spiro atoms. The Morgan fingerprint density at radius 1 is 0.441 bits per heavy atom. The molecule has 2 heterocycles. The lowest BCUT2D eigenvalue weighted by Gasteiger charge is -2.23. The number of aryl methyl sites for hydroxylation is 2. The molecule has 34 heavy (non-hydrogen) atoms. The summed E-state index contributed by atoms with van der Waals surface area (Å²) in [5.74, 6) is 0. The number of carbonyl (C=O) groups is 2. The molecule has 4 aromatic carbocycles. The lowest BCUT2D eigenvalue weighted by molar-refractivity contribution is 0.107. The minimum atomic E-state index is -2.65. The lowest BCUT2D eigenvalue weighted by Crippen LogP contribution is -2.21. The lowest BCUT2D eigenvalue weighted by atomic mass is 9.94. The molecule has 2 aliphatic heterocycles. The van der Waals surface area contributed by atoms with Crippen LogP contribution in [0.5, 0.6) is 0 Å². The van der Waals surface area contributed by atoms with Gasteiger partial charge in [-0.2, -0.15) is 0 Å². The van der Waals surface area contributed by atoms with Gasteiger partial charge in [0.2, 0.25) is 11.0 Å². The summed E-state index contributed by atoms with van der Waals surface area (Å²) in [5, 5.41) is 1.27. The van der Waals surface area contributed by atoms with Crippen molar-refractivity contribution < 1.29 is 18.7 Å². The van der Waals surface area contributed by atoms with Crippen LogP contribution in [0.4, 0.5) is 0 Å². The second kappa shape index (κ2) is 8.17. The van der Waals surface area contributed by atoms with Crippen molar-refractivity contribution in [2.45, 2.75) is 12.8 Å². The van der Waals surface area contributed by atoms with Gasteiger partial charge in [-0.3, -0.25) is 9.59 Å². The Bertz CT molecular complexity index is 1470. The zero-order valence-corrected chi connectivity index (χ0v) is 20.1. The van der Waals surface area contributed by atoms with Crippen LogP contribution in [0.1, 0.15) is 31.8 Å². The fourth-order valence-corrected chi connectivity index (χ4v) is 8.48. The Balaban J connectivity index is 1.42. The van der Waals surface area contributed by atoms with Crippen molar-refractivity contribution in [2.75, 3.05) is 0 Å². The molecular weight excluding hydrogens is 462 g/mol. The Labute approximate surface area is 198 Å². The predicted octanol–water partition coefficient (Wildman–Crippen LogP) is 5.48. The molecule has 0 fully saturated rings. The number of rotatable bonds is 3. The summed E-state index contributed by atoms with van der Waals surface area (Å²) in [5.41, 5.74) is 5.50. The van der Waals surface area contributed by atoms with E-state index in [1.165, 1.54) is 0 Å². The average molecular weight is 482 g/mol. The first-order chi connectivity index (χ1) is 16.6. The van der Waals surface area contributed by atoms with Gasteiger partial charge in [-0.05, 0) is 46.2 Å². The number of fused-ring (bicyclic) bond motifs is 6. The fourth-order valence-electron chi connectivity index (χ4n) is 5.18. The molecule has 0 amide bonds. The first-order valence-corrected chi connectivity index (χ1v) is 14.0. The van der Waals surface area contributed by atoms with Crippen molar-refractivity contribution >= 4 is 37.3 Å². The van der Waals surface area contributed by atoms with Gasteiger partial charge in [-0.15, -0.1) is 0 Å². The minimum absolute atomic E-state index is 0.301. The van der Waals surface area contributed by atoms with Crippen LogP contribution >= 0.6 is 15.6 Å². The second-order valence-corrected chi connectivity index (χ2v) is 11.8. The van der Waals surface area contributed by atoms with Gasteiger partial charge in [-0.25, -0.2) is 0 Å². The van der Waals surface area contributed by atoms with Gasteiger partial charge in [0.15, 0.2) is 15.6 Å². The third-order valence-corrected chi connectivity index (χ3v) is 10.2. The molecule has 6 rings (SSSR count). The molecule has 4 nitrogen and oxygen atoms in total. The highest BCUT2D eigenvalue weighted by Gasteiger charge is 2.32. The van der Waals surface area contributed by atoms with Crippen LogP contribution in [0, 0.1) is 0 Å². The highest BCUT2D eigenvalue weighted by Crippen LogP contribution is 2.43. The Kier molecular flexibility index (Phi) is 5.10. The zero-order valence-electron chi connectivity index (χ0n) is 18.1. The van der Waals surface area contributed by atoms with Gasteiger partial charge < -0.3 is 9.13 Å². The topological polar surface area (TPSA) is 68.3 Å². The molecule has 6 heteroatoms. The molecule has 0 aliphatic carbocycles. The predicted molar refractivity (Wildman–Crippen MR) is 137 cm³/mol. The van der Waals surface area contributed by atoms with Gasteiger partial charge in [0, 0.05) is 21.7 Å². The van der Waals surface area contributed by atoms with Crippen molar-refractivity contribution in [1.29, 1.82) is 0 Å². The quantitative estimate of drug-likeness (QED) is 0.363. The fraction of sp³-hybridized carbons (Fsp3) is 0.0714. The van der Waals surface area contributed by atoms with E-state index in [4.69, 9.17) is 0 Å². The highest BCUT2D eigenvalue weighted by molar-refractivity contribution is 7.72. The molecule has 0 saturated carbocycles. The maximum atomic E-state index is 13.2. The van der Waals surface area contributed by atoms with E-state index in [2.05, 4.69) is 0 Å². The van der Waals surface area contributed by atoms with Crippen molar-refractivity contribution in [3.05, 3.63) is 107 Å². The van der Waals surface area contributed by atoms with Crippen molar-refractivity contribution in [2.24, 2.45) is 0 Å². The summed E-state index contributed by atoms with van der Waals surface area (Å²) >= 11 is 0. The second-order valence-electron chi connectivity index (χ2n) is 8.59. The van der Waals surface area contributed by atoms with E-state index in [1.807, 2.05) is 60.7 Å². The van der Waals surface area contributed by atoms with E-state index in [0.717, 1.165) is 33.4 Å². The smallest absolute Gasteiger partial charge is 0.223 e. The van der Waals surface area contributed by atoms with Crippen LogP contribution in [0.3, 0.4) is 0 Å². The number of hydrogen-bond acceptors (Lipinski definition) is 4. The van der Waals surface area contributed by atoms with Crippen LogP contribution in [0.25, 0.3) is 22.3 Å². The minimum Gasteiger partial charge on any atom is -0.313 e. The van der Waals surface area contributed by atoms with Gasteiger partial charge in [-0.1, -0.05) is 84.9 Å². The van der Waals surface area contributed by atoms with Crippen LogP contribution in [-0.2, 0) is 22.0 Å². The Morgan fingerprint density at radius 3 is 1.21 bits per heavy atom. The summed E-state index contributed by atoms with van der Waals surface area (Å²) in [6.45, 7) is 0.